The van der Waals surface area contributed by atoms with Crippen molar-refractivity contribution in [1.29, 1.82) is 0 Å². The number of aliphatic hydroxyl groups excluding tert-OH is 1. The highest BCUT2D eigenvalue weighted by molar-refractivity contribution is 5.89. The zero-order valence-electron chi connectivity index (χ0n) is 9.33. The molecule has 1 saturated heterocycles. The summed E-state index contributed by atoms with van der Waals surface area (Å²) < 4.78 is 0. The number of hydrogen-bond donors (Lipinski definition) is 3. The molecule has 0 aliphatic carbocycles. The summed E-state index contributed by atoms with van der Waals surface area (Å²) in [6.07, 6.45) is -0.395. The third-order valence-corrected chi connectivity index (χ3v) is 2.84. The smallest absolute Gasteiger partial charge is 0.225 e. The fraction of sp³-hybridized carbons (Fsp3) is 0.800. The topological polar surface area (TPSA) is 78.4 Å². The second-order valence-corrected chi connectivity index (χ2v) is 4.59. The van der Waals surface area contributed by atoms with Crippen molar-refractivity contribution in [2.45, 2.75) is 38.8 Å². The molecule has 2 amide bonds. The quantitative estimate of drug-likeness (QED) is 0.587. The first-order valence-corrected chi connectivity index (χ1v) is 5.09. The first kappa shape index (κ1) is 12.0. The van der Waals surface area contributed by atoms with E-state index in [1.54, 1.807) is 20.8 Å². The van der Waals surface area contributed by atoms with Gasteiger partial charge >= 0.3 is 0 Å². The van der Waals surface area contributed by atoms with E-state index < -0.39 is 11.6 Å². The van der Waals surface area contributed by atoms with E-state index in [0.717, 1.165) is 0 Å². The van der Waals surface area contributed by atoms with Gasteiger partial charge in [0.1, 0.15) is 0 Å². The van der Waals surface area contributed by atoms with E-state index in [1.165, 1.54) is 0 Å². The van der Waals surface area contributed by atoms with E-state index in [4.69, 9.17) is 0 Å². The molecule has 0 radical (unpaired) electrons. The van der Waals surface area contributed by atoms with Crippen molar-refractivity contribution in [1.82, 2.24) is 10.6 Å². The van der Waals surface area contributed by atoms with Crippen LogP contribution in [0.3, 0.4) is 0 Å². The van der Waals surface area contributed by atoms with Crippen LogP contribution >= 0.6 is 0 Å². The van der Waals surface area contributed by atoms with Crippen LogP contribution in [0.5, 0.6) is 0 Å². The first-order chi connectivity index (χ1) is 6.83. The Kier molecular flexibility index (Phi) is 3.34. The van der Waals surface area contributed by atoms with Crippen LogP contribution in [0.2, 0.25) is 0 Å². The van der Waals surface area contributed by atoms with Crippen LogP contribution in [-0.2, 0) is 9.59 Å². The molecule has 0 aromatic carbocycles. The number of hydrogen-bond acceptors (Lipinski definition) is 3. The molecule has 5 nitrogen and oxygen atoms in total. The van der Waals surface area contributed by atoms with Gasteiger partial charge in [0.15, 0.2) is 0 Å². The van der Waals surface area contributed by atoms with E-state index >= 15 is 0 Å². The number of amides is 2. The van der Waals surface area contributed by atoms with Gasteiger partial charge in [-0.3, -0.25) is 9.59 Å². The molecule has 1 rings (SSSR count). The van der Waals surface area contributed by atoms with Crippen molar-refractivity contribution in [3.8, 4) is 0 Å². The molecule has 0 saturated carbocycles. The van der Waals surface area contributed by atoms with Crippen molar-refractivity contribution >= 4 is 11.8 Å². The fourth-order valence-corrected chi connectivity index (χ4v) is 1.31. The average Bonchev–Trinajstić information content (AvgIpc) is 2.50. The lowest BCUT2D eigenvalue weighted by atomic mass is 9.97. The Balaban J connectivity index is 2.52. The summed E-state index contributed by atoms with van der Waals surface area (Å²) in [5, 5.41) is 14.8. The highest BCUT2D eigenvalue weighted by atomic mass is 16.3. The minimum absolute atomic E-state index is 0.0926. The van der Waals surface area contributed by atoms with Crippen LogP contribution in [0, 0.1) is 5.92 Å². The third-order valence-electron chi connectivity index (χ3n) is 2.84. The van der Waals surface area contributed by atoms with Crippen molar-refractivity contribution in [3.05, 3.63) is 0 Å². The minimum atomic E-state index is -0.664. The second kappa shape index (κ2) is 4.18. The maximum Gasteiger partial charge on any atom is 0.225 e. The van der Waals surface area contributed by atoms with Crippen LogP contribution in [0.25, 0.3) is 0 Å². The van der Waals surface area contributed by atoms with Crippen molar-refractivity contribution in [3.63, 3.8) is 0 Å². The van der Waals surface area contributed by atoms with Crippen molar-refractivity contribution in [2.24, 2.45) is 5.92 Å². The van der Waals surface area contributed by atoms with Gasteiger partial charge in [0, 0.05) is 13.0 Å². The predicted molar refractivity (Wildman–Crippen MR) is 55.0 cm³/mol. The Morgan fingerprint density at radius 1 is 1.67 bits per heavy atom. The van der Waals surface area contributed by atoms with Crippen molar-refractivity contribution in [2.75, 3.05) is 6.54 Å². The predicted octanol–water partition coefficient (Wildman–Crippen LogP) is -0.602. The Hall–Kier alpha value is -1.10. The minimum Gasteiger partial charge on any atom is -0.391 e. The molecule has 1 heterocycles. The standard InChI is InChI=1S/C10H18N2O3/c1-6(13)10(2,3)12-9(15)7-4-8(14)11-5-7/h6-7,13H,4-5H2,1-3H3,(H,11,14)(H,12,15). The molecule has 0 aromatic rings. The molecule has 15 heavy (non-hydrogen) atoms. The van der Waals surface area contributed by atoms with Gasteiger partial charge in [-0.25, -0.2) is 0 Å². The zero-order valence-corrected chi connectivity index (χ0v) is 9.33. The largest absolute Gasteiger partial charge is 0.391 e. The Morgan fingerprint density at radius 3 is 2.67 bits per heavy atom. The van der Waals surface area contributed by atoms with Crippen LogP contribution in [0.4, 0.5) is 0 Å². The lowest BCUT2D eigenvalue weighted by Gasteiger charge is -2.30. The highest BCUT2D eigenvalue weighted by Gasteiger charge is 2.33. The maximum absolute atomic E-state index is 11.7. The van der Waals surface area contributed by atoms with E-state index in [9.17, 15) is 14.7 Å². The molecule has 5 heteroatoms. The summed E-state index contributed by atoms with van der Waals surface area (Å²) in [6.45, 7) is 5.51. The molecule has 3 N–H and O–H groups in total. The Labute approximate surface area is 89.2 Å². The van der Waals surface area contributed by atoms with E-state index in [0.29, 0.717) is 6.54 Å². The summed E-state index contributed by atoms with van der Waals surface area (Å²) in [5.74, 6) is -0.584. The average molecular weight is 214 g/mol. The number of rotatable bonds is 3. The Morgan fingerprint density at radius 2 is 2.27 bits per heavy atom. The highest BCUT2D eigenvalue weighted by Crippen LogP contribution is 2.13. The molecule has 1 fully saturated rings. The van der Waals surface area contributed by atoms with Gasteiger partial charge in [-0.2, -0.15) is 0 Å². The van der Waals surface area contributed by atoms with Crippen LogP contribution in [0.15, 0.2) is 0 Å². The maximum atomic E-state index is 11.7. The molecule has 0 bridgehead atoms. The van der Waals surface area contributed by atoms with E-state index in [2.05, 4.69) is 10.6 Å². The monoisotopic (exact) mass is 214 g/mol. The van der Waals surface area contributed by atoms with E-state index in [1.807, 2.05) is 0 Å². The van der Waals surface area contributed by atoms with Crippen molar-refractivity contribution < 1.29 is 14.7 Å². The summed E-state index contributed by atoms with van der Waals surface area (Å²) >= 11 is 0. The number of nitrogens with one attached hydrogen (secondary N) is 2. The SMILES string of the molecule is CC(O)C(C)(C)NC(=O)C1CNC(=O)C1. The molecular weight excluding hydrogens is 196 g/mol. The molecule has 1 aliphatic heterocycles. The lowest BCUT2D eigenvalue weighted by Crippen LogP contribution is -2.52. The number of carbonyl (C=O) groups is 2. The fourth-order valence-electron chi connectivity index (χ4n) is 1.31. The molecule has 2 unspecified atom stereocenters. The normalized spacial score (nSPS) is 23.5. The van der Waals surface area contributed by atoms with Crippen LogP contribution < -0.4 is 10.6 Å². The van der Waals surface area contributed by atoms with Gasteiger partial charge in [0.05, 0.1) is 17.6 Å². The Bertz CT molecular complexity index is 274. The second-order valence-electron chi connectivity index (χ2n) is 4.59. The third kappa shape index (κ3) is 2.92. The number of carbonyl (C=O) groups excluding carboxylic acids is 2. The summed E-state index contributed by atoms with van der Waals surface area (Å²) in [7, 11) is 0. The molecule has 2 atom stereocenters. The summed E-state index contributed by atoms with van der Waals surface area (Å²) in [5.41, 5.74) is -0.664. The molecule has 0 aromatic heterocycles. The van der Waals surface area contributed by atoms with Gasteiger partial charge in [-0.05, 0) is 20.8 Å². The molecule has 86 valence electrons. The summed E-state index contributed by atoms with van der Waals surface area (Å²) in [6, 6.07) is 0. The lowest BCUT2D eigenvalue weighted by molar-refractivity contribution is -0.128. The van der Waals surface area contributed by atoms with Gasteiger partial charge in [-0.15, -0.1) is 0 Å². The summed E-state index contributed by atoms with van der Waals surface area (Å²) in [4.78, 5) is 22.6. The zero-order chi connectivity index (χ0) is 11.6. The van der Waals surface area contributed by atoms with E-state index in [-0.39, 0.29) is 24.2 Å². The van der Waals surface area contributed by atoms with Gasteiger partial charge in [-0.1, -0.05) is 0 Å². The van der Waals surface area contributed by atoms with Crippen LogP contribution in [0.1, 0.15) is 27.2 Å². The molecule has 1 aliphatic rings. The van der Waals surface area contributed by atoms with Gasteiger partial charge < -0.3 is 15.7 Å². The van der Waals surface area contributed by atoms with Crippen LogP contribution in [-0.4, -0.2) is 35.1 Å². The first-order valence-electron chi connectivity index (χ1n) is 5.09. The van der Waals surface area contributed by atoms with Gasteiger partial charge in [0.25, 0.3) is 0 Å². The van der Waals surface area contributed by atoms with Gasteiger partial charge in [0.2, 0.25) is 11.8 Å². The molecule has 0 spiro atoms. The molecular formula is C10H18N2O3. The number of aliphatic hydroxyl groups is 1.